The van der Waals surface area contributed by atoms with Gasteiger partial charge in [0.15, 0.2) is 15.7 Å². The predicted octanol–water partition coefficient (Wildman–Crippen LogP) is 4.18. The second kappa shape index (κ2) is 13.0. The number of phenols is 1. The van der Waals surface area contributed by atoms with E-state index in [1.165, 1.54) is 12.1 Å². The van der Waals surface area contributed by atoms with E-state index in [4.69, 9.17) is 10.3 Å². The number of azo groups is 2. The molecule has 0 aliphatic rings. The molecule has 0 atom stereocenters. The molecule has 18 nitrogen and oxygen atoms in total. The summed E-state index contributed by atoms with van der Waals surface area (Å²) in [6.45, 7) is -0.858. The van der Waals surface area contributed by atoms with E-state index < -0.39 is 85.6 Å². The molecule has 0 saturated carbocycles. The largest absolute Gasteiger partial charge is 0.507 e. The van der Waals surface area contributed by atoms with Crippen LogP contribution in [-0.4, -0.2) is 64.8 Å². The lowest BCUT2D eigenvalue weighted by Gasteiger charge is -2.09. The molecule has 0 amide bonds. The first-order chi connectivity index (χ1) is 21.7. The first-order valence-electron chi connectivity index (χ1n) is 12.3. The van der Waals surface area contributed by atoms with Crippen molar-refractivity contribution in [3.8, 4) is 5.75 Å². The average Bonchev–Trinajstić information content (AvgIpc) is 2.94. The molecular formula is C24H20FN5O13S4. The number of phenolic OH excluding ortho intramolecular Hbond substituents is 1. The highest BCUT2D eigenvalue weighted by Crippen LogP contribution is 2.41. The van der Waals surface area contributed by atoms with Crippen molar-refractivity contribution in [2.75, 3.05) is 18.1 Å². The number of fused-ring (bicyclic) bond motifs is 1. The molecule has 4 rings (SSSR count). The highest BCUT2D eigenvalue weighted by atomic mass is 32.3. The van der Waals surface area contributed by atoms with E-state index in [0.29, 0.717) is 18.2 Å². The fraction of sp³-hybridized carbons (Fsp3) is 0.0833. The van der Waals surface area contributed by atoms with Crippen LogP contribution in [0.5, 0.6) is 5.75 Å². The summed E-state index contributed by atoms with van der Waals surface area (Å²) in [5, 5.41) is 25.0. The predicted molar refractivity (Wildman–Crippen MR) is 160 cm³/mol. The number of nitrogens with two attached hydrogens (primary N) is 1. The molecule has 0 fully saturated rings. The van der Waals surface area contributed by atoms with Gasteiger partial charge in [-0.25, -0.2) is 17.0 Å². The second-order valence-electron chi connectivity index (χ2n) is 9.23. The van der Waals surface area contributed by atoms with Gasteiger partial charge in [-0.2, -0.15) is 30.4 Å². The summed E-state index contributed by atoms with van der Waals surface area (Å²) in [6, 6.07) is 9.69. The van der Waals surface area contributed by atoms with Crippen molar-refractivity contribution < 1.29 is 61.0 Å². The number of rotatable bonds is 11. The van der Waals surface area contributed by atoms with E-state index in [0.717, 1.165) is 30.3 Å². The van der Waals surface area contributed by atoms with Gasteiger partial charge in [0, 0.05) is 12.1 Å². The van der Waals surface area contributed by atoms with E-state index in [9.17, 15) is 52.3 Å². The molecule has 0 unspecified atom stereocenters. The standard InChI is InChI=1S/C24H20FN5O13S4/c25-17-11-20(29-30-24-18(26)6-1-13-9-16(45(34,35)36)10-21(31)23(13)24)22(46(37,38)39)12-19(17)28-27-14-2-4-15(5-3-14)44(32,33)8-7-43-47(40,41)42/h1-6,9-12,31H,7-8,26H2,(H,34,35,36)(H,37,38,39)(H,40,41,42). The highest BCUT2D eigenvalue weighted by Gasteiger charge is 2.22. The molecule has 0 radical (unpaired) electrons. The number of anilines is 1. The number of benzene rings is 4. The van der Waals surface area contributed by atoms with Crippen LogP contribution in [0.25, 0.3) is 10.8 Å². The van der Waals surface area contributed by atoms with Gasteiger partial charge in [0.1, 0.15) is 27.7 Å². The van der Waals surface area contributed by atoms with Gasteiger partial charge in [-0.1, -0.05) is 6.07 Å². The zero-order valence-corrected chi connectivity index (χ0v) is 26.3. The van der Waals surface area contributed by atoms with Crippen molar-refractivity contribution in [3.05, 3.63) is 66.5 Å². The van der Waals surface area contributed by atoms with Gasteiger partial charge in [-0.05, 0) is 47.9 Å². The summed E-state index contributed by atoms with van der Waals surface area (Å²) >= 11 is 0. The van der Waals surface area contributed by atoms with E-state index in [2.05, 4.69) is 24.6 Å². The lowest BCUT2D eigenvalue weighted by molar-refractivity contribution is 0.284. The van der Waals surface area contributed by atoms with Crippen LogP contribution < -0.4 is 5.73 Å². The van der Waals surface area contributed by atoms with Crippen LogP contribution in [0.4, 0.5) is 32.8 Å². The van der Waals surface area contributed by atoms with Crippen LogP contribution in [0.3, 0.4) is 0 Å². The minimum atomic E-state index is -5.11. The smallest absolute Gasteiger partial charge is 0.397 e. The Morgan fingerprint density at radius 3 is 1.96 bits per heavy atom. The van der Waals surface area contributed by atoms with Crippen LogP contribution in [0, 0.1) is 5.82 Å². The van der Waals surface area contributed by atoms with Crippen LogP contribution in [-0.2, 0) is 44.7 Å². The number of sulfone groups is 1. The van der Waals surface area contributed by atoms with Crippen molar-refractivity contribution in [1.29, 1.82) is 0 Å². The molecule has 4 aromatic carbocycles. The minimum absolute atomic E-state index is 0.0227. The third-order valence-electron chi connectivity index (χ3n) is 5.99. The van der Waals surface area contributed by atoms with Gasteiger partial charge >= 0.3 is 10.4 Å². The Kier molecular flexibility index (Phi) is 9.75. The molecule has 0 aliphatic carbocycles. The molecule has 47 heavy (non-hydrogen) atoms. The van der Waals surface area contributed by atoms with E-state index in [1.807, 2.05) is 0 Å². The van der Waals surface area contributed by atoms with Gasteiger partial charge in [0.05, 0.1) is 38.9 Å². The highest BCUT2D eigenvalue weighted by molar-refractivity contribution is 7.91. The molecule has 6 N–H and O–H groups in total. The van der Waals surface area contributed by atoms with E-state index in [-0.39, 0.29) is 32.7 Å². The second-order valence-corrected chi connectivity index (χ2v) is 15.2. The summed E-state index contributed by atoms with van der Waals surface area (Å²) in [6.07, 6.45) is 0. The minimum Gasteiger partial charge on any atom is -0.507 e. The number of hydrogen-bond donors (Lipinski definition) is 5. The Morgan fingerprint density at radius 2 is 1.36 bits per heavy atom. The van der Waals surface area contributed by atoms with Crippen molar-refractivity contribution in [3.63, 3.8) is 0 Å². The zero-order valence-electron chi connectivity index (χ0n) is 23.0. The molecule has 0 aromatic heterocycles. The van der Waals surface area contributed by atoms with Gasteiger partial charge < -0.3 is 10.8 Å². The van der Waals surface area contributed by atoms with Crippen molar-refractivity contribution in [2.45, 2.75) is 14.7 Å². The van der Waals surface area contributed by atoms with Gasteiger partial charge in [-0.3, -0.25) is 13.7 Å². The van der Waals surface area contributed by atoms with Gasteiger partial charge in [0.2, 0.25) is 0 Å². The first kappa shape index (κ1) is 35.4. The first-order valence-corrected chi connectivity index (χ1v) is 18.2. The number of halogens is 1. The molecule has 0 aliphatic heterocycles. The molecule has 250 valence electrons. The summed E-state index contributed by atoms with van der Waals surface area (Å²) in [7, 11) is -18.7. The van der Waals surface area contributed by atoms with Crippen LogP contribution in [0.1, 0.15) is 0 Å². The maximum atomic E-state index is 15.0. The van der Waals surface area contributed by atoms with Crippen molar-refractivity contribution >= 4 is 79.7 Å². The molecule has 0 spiro atoms. The van der Waals surface area contributed by atoms with Crippen molar-refractivity contribution in [2.24, 2.45) is 20.5 Å². The Hall–Kier alpha value is -4.49. The van der Waals surface area contributed by atoms with Crippen LogP contribution >= 0.6 is 0 Å². The van der Waals surface area contributed by atoms with Crippen molar-refractivity contribution in [1.82, 2.24) is 0 Å². The average molecular weight is 734 g/mol. The number of nitrogens with zero attached hydrogens (tertiary/aromatic N) is 4. The fourth-order valence-corrected chi connectivity index (χ4v) is 6.52. The Bertz CT molecular complexity index is 2400. The van der Waals surface area contributed by atoms with Gasteiger partial charge in [0.25, 0.3) is 20.2 Å². The Morgan fingerprint density at radius 1 is 0.723 bits per heavy atom. The lowest BCUT2D eigenvalue weighted by atomic mass is 10.1. The molecule has 0 bridgehead atoms. The maximum Gasteiger partial charge on any atom is 0.397 e. The summed E-state index contributed by atoms with van der Waals surface area (Å²) < 4.78 is 140. The number of aromatic hydroxyl groups is 1. The monoisotopic (exact) mass is 733 g/mol. The number of nitrogen functional groups attached to an aromatic ring is 1. The quantitative estimate of drug-likeness (QED) is 0.0820. The molecule has 4 aromatic rings. The Labute approximate surface area is 265 Å². The van der Waals surface area contributed by atoms with Gasteiger partial charge in [-0.15, -0.1) is 15.3 Å². The van der Waals surface area contributed by atoms with E-state index >= 15 is 0 Å². The summed E-state index contributed by atoms with van der Waals surface area (Å²) in [5.41, 5.74) is 3.97. The third-order valence-corrected chi connectivity index (χ3v) is 9.86. The SMILES string of the molecule is Nc1ccc2cc(S(=O)(=O)O)cc(O)c2c1N=Nc1cc(F)c(N=Nc2ccc(S(=O)(=O)CCOS(=O)(=O)O)cc2)cc1S(=O)(=O)O. The Balaban J connectivity index is 1.66. The van der Waals surface area contributed by atoms with Crippen LogP contribution in [0.2, 0.25) is 0 Å². The normalized spacial score (nSPS) is 13.2. The summed E-state index contributed by atoms with van der Waals surface area (Å²) in [4.78, 5) is -1.92. The van der Waals surface area contributed by atoms with E-state index in [1.54, 1.807) is 0 Å². The topological polar surface area (TPSA) is 302 Å². The molecular weight excluding hydrogens is 714 g/mol. The molecule has 23 heteroatoms. The zero-order chi connectivity index (χ0) is 34.9. The maximum absolute atomic E-state index is 15.0. The molecule has 0 heterocycles. The fourth-order valence-electron chi connectivity index (χ4n) is 3.87. The third kappa shape index (κ3) is 8.66. The summed E-state index contributed by atoms with van der Waals surface area (Å²) in [5.74, 6) is -2.71. The number of hydrogen-bond acceptors (Lipinski definition) is 15. The molecule has 0 saturated heterocycles. The van der Waals surface area contributed by atoms with Crippen LogP contribution in [0.15, 0.2) is 95.8 Å². The lowest BCUT2D eigenvalue weighted by Crippen LogP contribution is -2.15.